The highest BCUT2D eigenvalue weighted by Crippen LogP contribution is 2.17. The molecule has 0 radical (unpaired) electrons. The van der Waals surface area contributed by atoms with Gasteiger partial charge in [0.1, 0.15) is 6.54 Å². The fourth-order valence-electron chi connectivity index (χ4n) is 3.60. The van der Waals surface area contributed by atoms with Crippen molar-refractivity contribution in [2.75, 3.05) is 25.5 Å². The van der Waals surface area contributed by atoms with Gasteiger partial charge in [0.2, 0.25) is 0 Å². The van der Waals surface area contributed by atoms with Crippen LogP contribution in [0.3, 0.4) is 0 Å². The third-order valence-electron chi connectivity index (χ3n) is 5.13. The predicted molar refractivity (Wildman–Crippen MR) is 122 cm³/mol. The molecule has 3 N–H and O–H groups in total. The number of rotatable bonds is 8. The first-order chi connectivity index (χ1) is 14.9. The van der Waals surface area contributed by atoms with Gasteiger partial charge in [-0.2, -0.15) is 5.10 Å². The average molecular weight is 421 g/mol. The molecule has 0 aliphatic heterocycles. The molecule has 1 unspecified atom stereocenters. The topological polar surface area (TPSA) is 80.5 Å². The molecule has 1 heterocycles. The minimum Gasteiger partial charge on any atom is -0.352 e. The van der Waals surface area contributed by atoms with Crippen LogP contribution < -0.4 is 15.5 Å². The molecule has 31 heavy (non-hydrogen) atoms. The first-order valence-corrected chi connectivity index (χ1v) is 10.5. The molecule has 0 aliphatic carbocycles. The Hall–Kier alpha value is -3.45. The van der Waals surface area contributed by atoms with Crippen molar-refractivity contribution in [3.63, 3.8) is 0 Å². The first-order valence-electron chi connectivity index (χ1n) is 10.5. The van der Waals surface area contributed by atoms with Gasteiger partial charge in [0.15, 0.2) is 6.54 Å². The lowest BCUT2D eigenvalue weighted by molar-refractivity contribution is -0.885. The molecule has 0 spiro atoms. The molecule has 2 amide bonds. The molecule has 0 aliphatic rings. The van der Waals surface area contributed by atoms with Crippen LogP contribution in [-0.4, -0.2) is 41.7 Å². The molecule has 0 bridgehead atoms. The number of aryl methyl sites for hydroxylation is 1. The number of amides is 2. The number of para-hydroxylation sites is 1. The summed E-state index contributed by atoms with van der Waals surface area (Å²) in [4.78, 5) is 25.6. The number of hydrogen-bond acceptors (Lipinski definition) is 3. The van der Waals surface area contributed by atoms with Crippen molar-refractivity contribution < 1.29 is 14.5 Å². The van der Waals surface area contributed by atoms with Gasteiger partial charge >= 0.3 is 0 Å². The second-order valence-corrected chi connectivity index (χ2v) is 7.70. The summed E-state index contributed by atoms with van der Waals surface area (Å²) in [6.07, 6.45) is 0. The quantitative estimate of drug-likeness (QED) is 0.521. The Kier molecular flexibility index (Phi) is 7.20. The van der Waals surface area contributed by atoms with Gasteiger partial charge in [0.25, 0.3) is 11.8 Å². The lowest BCUT2D eigenvalue weighted by atomic mass is 10.1. The maximum atomic E-state index is 12.6. The van der Waals surface area contributed by atoms with E-state index in [0.717, 1.165) is 27.5 Å². The van der Waals surface area contributed by atoms with Crippen molar-refractivity contribution >= 4 is 17.5 Å². The molecule has 7 heteroatoms. The number of carbonyl (C=O) groups is 2. The van der Waals surface area contributed by atoms with E-state index in [2.05, 4.69) is 22.7 Å². The molecule has 0 fully saturated rings. The highest BCUT2D eigenvalue weighted by molar-refractivity contribution is 5.97. The predicted octanol–water partition coefficient (Wildman–Crippen LogP) is 1.89. The molecule has 3 aromatic rings. The summed E-state index contributed by atoms with van der Waals surface area (Å²) in [5, 5.41) is 10.3. The highest BCUT2D eigenvalue weighted by Gasteiger charge is 2.18. The van der Waals surface area contributed by atoms with Crippen LogP contribution in [0, 0.1) is 13.8 Å². The van der Waals surface area contributed by atoms with Crippen LogP contribution in [0.1, 0.15) is 34.2 Å². The Bertz CT molecular complexity index is 1060. The second kappa shape index (κ2) is 10.0. The normalized spacial score (nSPS) is 11.7. The monoisotopic (exact) mass is 420 g/mol. The van der Waals surface area contributed by atoms with Crippen LogP contribution in [0.25, 0.3) is 5.69 Å². The van der Waals surface area contributed by atoms with Crippen molar-refractivity contribution in [2.45, 2.75) is 27.3 Å². The van der Waals surface area contributed by atoms with Crippen molar-refractivity contribution in [1.29, 1.82) is 0 Å². The zero-order valence-electron chi connectivity index (χ0n) is 18.5. The minimum atomic E-state index is -0.150. The number of aromatic nitrogens is 2. The number of likely N-dealkylation sites (N-methyl/N-ethyl adjacent to an activating group) is 1. The van der Waals surface area contributed by atoms with E-state index in [1.807, 2.05) is 55.9 Å². The number of anilines is 1. The van der Waals surface area contributed by atoms with Gasteiger partial charge in [0, 0.05) is 17.8 Å². The smallest absolute Gasteiger partial charge is 0.279 e. The Morgan fingerprint density at radius 2 is 1.81 bits per heavy atom. The molecule has 1 atom stereocenters. The van der Waals surface area contributed by atoms with Gasteiger partial charge < -0.3 is 15.5 Å². The third-order valence-corrected chi connectivity index (χ3v) is 5.13. The molecule has 3 rings (SSSR count). The molecule has 2 aromatic carbocycles. The van der Waals surface area contributed by atoms with Crippen LogP contribution in [0.15, 0.2) is 54.6 Å². The second-order valence-electron chi connectivity index (χ2n) is 7.70. The lowest BCUT2D eigenvalue weighted by Crippen LogP contribution is -3.08. The molecule has 7 nitrogen and oxygen atoms in total. The lowest BCUT2D eigenvalue weighted by Gasteiger charge is -2.15. The zero-order chi connectivity index (χ0) is 22.4. The Morgan fingerprint density at radius 1 is 1.06 bits per heavy atom. The van der Waals surface area contributed by atoms with Crippen LogP contribution in [0.5, 0.6) is 0 Å². The van der Waals surface area contributed by atoms with Crippen molar-refractivity contribution in [2.24, 2.45) is 0 Å². The van der Waals surface area contributed by atoms with Crippen molar-refractivity contribution in [3.05, 3.63) is 77.1 Å². The van der Waals surface area contributed by atoms with E-state index < -0.39 is 0 Å². The number of nitrogens with zero attached hydrogens (tertiary/aromatic N) is 2. The van der Waals surface area contributed by atoms with Gasteiger partial charge in [-0.1, -0.05) is 24.3 Å². The van der Waals surface area contributed by atoms with Crippen LogP contribution in [-0.2, 0) is 11.3 Å². The van der Waals surface area contributed by atoms with Crippen LogP contribution >= 0.6 is 0 Å². The molecular formula is C24H30N5O2+. The van der Waals surface area contributed by atoms with Gasteiger partial charge in [0.05, 0.1) is 29.7 Å². The van der Waals surface area contributed by atoms with E-state index in [-0.39, 0.29) is 11.8 Å². The number of quaternary nitrogens is 1. The van der Waals surface area contributed by atoms with E-state index >= 15 is 0 Å². The minimum absolute atomic E-state index is 0.101. The fraction of sp³-hybridized carbons (Fsp3) is 0.292. The summed E-state index contributed by atoms with van der Waals surface area (Å²) in [6.45, 7) is 7.49. The summed E-state index contributed by atoms with van der Waals surface area (Å²) in [5.74, 6) is -0.251. The maximum Gasteiger partial charge on any atom is 0.279 e. The SMILES string of the molecule is CCNC(=O)c1cccc(NC(=O)C[NH+](C)Cc2c(C)nn(-c3ccccc3)c2C)c1. The standard InChI is InChI=1S/C24H29N5O2/c1-5-25-24(31)19-10-9-11-20(14-19)26-23(30)16-28(4)15-22-17(2)27-29(18(22)3)21-12-7-6-8-13-21/h6-14H,5,15-16H2,1-4H3,(H,25,31)(H,26,30)/p+1. The van der Waals surface area contributed by atoms with Crippen LogP contribution in [0.2, 0.25) is 0 Å². The number of nitrogens with one attached hydrogen (secondary N) is 3. The summed E-state index contributed by atoms with van der Waals surface area (Å²) < 4.78 is 1.95. The van der Waals surface area contributed by atoms with Crippen molar-refractivity contribution in [1.82, 2.24) is 15.1 Å². The zero-order valence-corrected chi connectivity index (χ0v) is 18.5. The summed E-state index contributed by atoms with van der Waals surface area (Å²) in [7, 11) is 1.99. The molecule has 0 saturated heterocycles. The van der Waals surface area contributed by atoms with Crippen LogP contribution in [0.4, 0.5) is 5.69 Å². The maximum absolute atomic E-state index is 12.6. The largest absolute Gasteiger partial charge is 0.352 e. The number of hydrogen-bond donors (Lipinski definition) is 3. The van der Waals surface area contributed by atoms with E-state index in [1.165, 1.54) is 0 Å². The van der Waals surface area contributed by atoms with E-state index in [0.29, 0.717) is 30.9 Å². The number of carbonyl (C=O) groups excluding carboxylic acids is 2. The van der Waals surface area contributed by atoms with E-state index in [4.69, 9.17) is 0 Å². The fourth-order valence-corrected chi connectivity index (χ4v) is 3.60. The summed E-state index contributed by atoms with van der Waals surface area (Å²) in [6, 6.07) is 17.0. The van der Waals surface area contributed by atoms with Crippen molar-refractivity contribution in [3.8, 4) is 5.69 Å². The van der Waals surface area contributed by atoms with Gasteiger partial charge in [-0.05, 0) is 51.1 Å². The number of benzene rings is 2. The highest BCUT2D eigenvalue weighted by atomic mass is 16.2. The van der Waals surface area contributed by atoms with Gasteiger partial charge in [-0.15, -0.1) is 0 Å². The first kappa shape index (κ1) is 22.2. The Balaban J connectivity index is 1.63. The molecular weight excluding hydrogens is 390 g/mol. The Labute approximate surface area is 183 Å². The average Bonchev–Trinajstić information content (AvgIpc) is 3.03. The van der Waals surface area contributed by atoms with Gasteiger partial charge in [-0.3, -0.25) is 9.59 Å². The molecule has 162 valence electrons. The summed E-state index contributed by atoms with van der Waals surface area (Å²) in [5.41, 5.74) is 5.36. The van der Waals surface area contributed by atoms with E-state index in [1.54, 1.807) is 24.3 Å². The van der Waals surface area contributed by atoms with Gasteiger partial charge in [-0.25, -0.2) is 4.68 Å². The molecule has 1 aromatic heterocycles. The third kappa shape index (κ3) is 5.58. The molecule has 0 saturated carbocycles. The van der Waals surface area contributed by atoms with E-state index in [9.17, 15) is 9.59 Å². The Morgan fingerprint density at radius 3 is 2.52 bits per heavy atom. The summed E-state index contributed by atoms with van der Waals surface area (Å²) >= 11 is 0.